The van der Waals surface area contributed by atoms with Crippen LogP contribution in [0.2, 0.25) is 0 Å². The fourth-order valence-electron chi connectivity index (χ4n) is 3.33. The van der Waals surface area contributed by atoms with E-state index in [2.05, 4.69) is 20.9 Å². The topological polar surface area (TPSA) is 59.4 Å². The Hall–Kier alpha value is -3.02. The first kappa shape index (κ1) is 15.5. The van der Waals surface area contributed by atoms with Crippen LogP contribution in [0.3, 0.4) is 0 Å². The third-order valence-electron chi connectivity index (χ3n) is 4.49. The average molecular weight is 336 g/mol. The average Bonchev–Trinajstić information content (AvgIpc) is 2.98. The molecular formula is C19H20N4O2. The molecule has 0 atom stereocenters. The molecule has 0 aliphatic carbocycles. The van der Waals surface area contributed by atoms with Crippen LogP contribution in [0, 0.1) is 0 Å². The van der Waals surface area contributed by atoms with Crippen molar-refractivity contribution in [2.24, 2.45) is 0 Å². The van der Waals surface area contributed by atoms with E-state index in [4.69, 9.17) is 9.72 Å². The van der Waals surface area contributed by atoms with E-state index in [1.54, 1.807) is 7.11 Å². The standard InChI is InChI=1S/C19H20N4O2/c1-13(24)20-14-6-7-18-17(10-14)21-19-12-22(8-9-23(18)19)15-4-3-5-16(11-15)25-2/h3-7,10-11H,8-9,12H2,1-2H3,(H,20,24). The van der Waals surface area contributed by atoms with Crippen molar-refractivity contribution in [3.63, 3.8) is 0 Å². The molecule has 128 valence electrons. The van der Waals surface area contributed by atoms with Crippen LogP contribution in [0.4, 0.5) is 11.4 Å². The number of imidazole rings is 1. The number of fused-ring (bicyclic) bond motifs is 3. The molecule has 25 heavy (non-hydrogen) atoms. The van der Waals surface area contributed by atoms with E-state index in [1.165, 1.54) is 6.92 Å². The van der Waals surface area contributed by atoms with E-state index < -0.39 is 0 Å². The molecule has 0 unspecified atom stereocenters. The van der Waals surface area contributed by atoms with E-state index >= 15 is 0 Å². The molecule has 0 bridgehead atoms. The minimum atomic E-state index is -0.0764. The molecule has 6 heteroatoms. The zero-order valence-electron chi connectivity index (χ0n) is 14.3. The summed E-state index contributed by atoms with van der Waals surface area (Å²) in [5.41, 5.74) is 3.93. The molecule has 0 radical (unpaired) electrons. The van der Waals surface area contributed by atoms with Crippen molar-refractivity contribution in [1.82, 2.24) is 9.55 Å². The maximum Gasteiger partial charge on any atom is 0.221 e. The first-order valence-corrected chi connectivity index (χ1v) is 8.30. The normalized spacial score (nSPS) is 13.6. The first-order valence-electron chi connectivity index (χ1n) is 8.30. The molecule has 0 fully saturated rings. The molecular weight excluding hydrogens is 316 g/mol. The van der Waals surface area contributed by atoms with Gasteiger partial charge in [0.15, 0.2) is 0 Å². The number of rotatable bonds is 3. The Kier molecular flexibility index (Phi) is 3.80. The minimum Gasteiger partial charge on any atom is -0.497 e. The molecule has 1 aliphatic heterocycles. The lowest BCUT2D eigenvalue weighted by Crippen LogP contribution is -2.33. The van der Waals surface area contributed by atoms with Gasteiger partial charge in [0.05, 0.1) is 24.7 Å². The Morgan fingerprint density at radius 1 is 1.20 bits per heavy atom. The highest BCUT2D eigenvalue weighted by Crippen LogP contribution is 2.28. The van der Waals surface area contributed by atoms with Crippen LogP contribution in [-0.2, 0) is 17.9 Å². The van der Waals surface area contributed by atoms with Gasteiger partial charge in [0.2, 0.25) is 5.91 Å². The van der Waals surface area contributed by atoms with Crippen molar-refractivity contribution in [2.45, 2.75) is 20.0 Å². The highest BCUT2D eigenvalue weighted by molar-refractivity contribution is 5.91. The number of anilines is 2. The smallest absolute Gasteiger partial charge is 0.221 e. The predicted molar refractivity (Wildman–Crippen MR) is 98.1 cm³/mol. The van der Waals surface area contributed by atoms with Gasteiger partial charge in [0.25, 0.3) is 0 Å². The van der Waals surface area contributed by atoms with Crippen LogP contribution in [0.15, 0.2) is 42.5 Å². The van der Waals surface area contributed by atoms with Crippen LogP contribution in [0.25, 0.3) is 11.0 Å². The number of nitrogens with zero attached hydrogens (tertiary/aromatic N) is 3. The molecule has 1 amide bonds. The van der Waals surface area contributed by atoms with Crippen LogP contribution in [0.1, 0.15) is 12.7 Å². The Morgan fingerprint density at radius 3 is 2.88 bits per heavy atom. The number of aromatic nitrogens is 2. The van der Waals surface area contributed by atoms with Gasteiger partial charge in [-0.3, -0.25) is 4.79 Å². The number of ether oxygens (including phenoxy) is 1. The highest BCUT2D eigenvalue weighted by Gasteiger charge is 2.20. The molecule has 0 spiro atoms. The highest BCUT2D eigenvalue weighted by atomic mass is 16.5. The lowest BCUT2D eigenvalue weighted by Gasteiger charge is -2.30. The van der Waals surface area contributed by atoms with Gasteiger partial charge in [0.1, 0.15) is 11.6 Å². The zero-order valence-corrected chi connectivity index (χ0v) is 14.3. The maximum atomic E-state index is 11.2. The fraction of sp³-hybridized carbons (Fsp3) is 0.263. The van der Waals surface area contributed by atoms with Gasteiger partial charge in [-0.05, 0) is 30.3 Å². The summed E-state index contributed by atoms with van der Waals surface area (Å²) >= 11 is 0. The van der Waals surface area contributed by atoms with E-state index in [-0.39, 0.29) is 5.91 Å². The van der Waals surface area contributed by atoms with E-state index in [1.807, 2.05) is 36.4 Å². The van der Waals surface area contributed by atoms with E-state index in [9.17, 15) is 4.79 Å². The summed E-state index contributed by atoms with van der Waals surface area (Å²) in [4.78, 5) is 18.3. The van der Waals surface area contributed by atoms with Crippen molar-refractivity contribution in [2.75, 3.05) is 23.9 Å². The van der Waals surface area contributed by atoms with E-state index in [0.717, 1.165) is 53.6 Å². The van der Waals surface area contributed by atoms with Crippen molar-refractivity contribution in [1.29, 1.82) is 0 Å². The summed E-state index contributed by atoms with van der Waals surface area (Å²) in [6.07, 6.45) is 0. The monoisotopic (exact) mass is 336 g/mol. The molecule has 6 nitrogen and oxygen atoms in total. The number of amides is 1. The van der Waals surface area contributed by atoms with Gasteiger partial charge in [-0.1, -0.05) is 6.07 Å². The van der Waals surface area contributed by atoms with Gasteiger partial charge >= 0.3 is 0 Å². The summed E-state index contributed by atoms with van der Waals surface area (Å²) in [5.74, 6) is 1.81. The molecule has 1 aromatic heterocycles. The molecule has 0 saturated carbocycles. The molecule has 2 aromatic carbocycles. The summed E-state index contributed by atoms with van der Waals surface area (Å²) in [5, 5.41) is 2.81. The maximum absolute atomic E-state index is 11.2. The van der Waals surface area contributed by atoms with E-state index in [0.29, 0.717) is 0 Å². The van der Waals surface area contributed by atoms with Gasteiger partial charge in [-0.15, -0.1) is 0 Å². The quantitative estimate of drug-likeness (QED) is 0.799. The fourth-order valence-corrected chi connectivity index (χ4v) is 3.33. The van der Waals surface area contributed by atoms with Gasteiger partial charge in [0, 0.05) is 37.5 Å². The lowest BCUT2D eigenvalue weighted by atomic mass is 10.2. The third kappa shape index (κ3) is 2.91. The second kappa shape index (κ2) is 6.12. The molecule has 0 saturated heterocycles. The Morgan fingerprint density at radius 2 is 2.08 bits per heavy atom. The van der Waals surface area contributed by atoms with Crippen molar-refractivity contribution in [3.05, 3.63) is 48.3 Å². The van der Waals surface area contributed by atoms with Crippen LogP contribution in [-0.4, -0.2) is 29.1 Å². The summed E-state index contributed by atoms with van der Waals surface area (Å²) < 4.78 is 7.58. The summed E-state index contributed by atoms with van der Waals surface area (Å²) in [7, 11) is 1.68. The van der Waals surface area contributed by atoms with Gasteiger partial charge < -0.3 is 19.5 Å². The van der Waals surface area contributed by atoms with Crippen molar-refractivity contribution >= 4 is 28.3 Å². The van der Waals surface area contributed by atoms with Gasteiger partial charge in [-0.25, -0.2) is 4.98 Å². The number of benzene rings is 2. The zero-order chi connectivity index (χ0) is 17.4. The number of methoxy groups -OCH3 is 1. The lowest BCUT2D eigenvalue weighted by molar-refractivity contribution is -0.114. The Balaban J connectivity index is 1.65. The minimum absolute atomic E-state index is 0.0764. The number of carbonyl (C=O) groups excluding carboxylic acids is 1. The molecule has 3 aromatic rings. The molecule has 2 heterocycles. The number of hydrogen-bond donors (Lipinski definition) is 1. The Bertz CT molecular complexity index is 948. The molecule has 1 aliphatic rings. The summed E-state index contributed by atoms with van der Waals surface area (Å²) in [6.45, 7) is 4.05. The van der Waals surface area contributed by atoms with Crippen LogP contribution in [0.5, 0.6) is 5.75 Å². The predicted octanol–water partition coefficient (Wildman–Crippen LogP) is 3.02. The molecule has 4 rings (SSSR count). The second-order valence-corrected chi connectivity index (χ2v) is 6.19. The number of hydrogen-bond acceptors (Lipinski definition) is 4. The first-order chi connectivity index (χ1) is 12.1. The molecule has 1 N–H and O–H groups in total. The Labute approximate surface area is 146 Å². The third-order valence-corrected chi connectivity index (χ3v) is 4.49. The SMILES string of the molecule is COc1cccc(N2CCn3c(nc4cc(NC(C)=O)ccc43)C2)c1. The number of nitrogens with one attached hydrogen (secondary N) is 1. The largest absolute Gasteiger partial charge is 0.497 e. The van der Waals surface area contributed by atoms with Crippen LogP contribution < -0.4 is 15.0 Å². The van der Waals surface area contributed by atoms with Crippen molar-refractivity contribution < 1.29 is 9.53 Å². The van der Waals surface area contributed by atoms with Gasteiger partial charge in [-0.2, -0.15) is 0 Å². The second-order valence-electron chi connectivity index (χ2n) is 6.19. The summed E-state index contributed by atoms with van der Waals surface area (Å²) in [6, 6.07) is 14.0. The number of carbonyl (C=O) groups is 1. The van der Waals surface area contributed by atoms with Crippen molar-refractivity contribution in [3.8, 4) is 5.75 Å². The van der Waals surface area contributed by atoms with Crippen LogP contribution >= 0.6 is 0 Å².